The molecule has 1 nitrogen and oxygen atoms in total. The second kappa shape index (κ2) is 6.16. The number of hydrogen-bond acceptors (Lipinski definition) is 2. The van der Waals surface area contributed by atoms with Gasteiger partial charge in [0.15, 0.2) is 0 Å². The lowest BCUT2D eigenvalue weighted by Gasteiger charge is -2.18. The fraction of sp³-hybridized carbons (Fsp3) is 0.333. The molecule has 2 aromatic rings. The highest BCUT2D eigenvalue weighted by molar-refractivity contribution is 9.10. The average Bonchev–Trinajstić information content (AvgIpc) is 2.70. The van der Waals surface area contributed by atoms with Crippen molar-refractivity contribution in [3.05, 3.63) is 55.4 Å². The van der Waals surface area contributed by atoms with Crippen LogP contribution in [0.15, 0.2) is 28.7 Å². The Morgan fingerprint density at radius 3 is 2.63 bits per heavy atom. The first-order valence-corrected chi connectivity index (χ1v) is 7.89. The Kier molecular flexibility index (Phi) is 4.76. The van der Waals surface area contributed by atoms with Gasteiger partial charge in [-0.3, -0.25) is 0 Å². The van der Waals surface area contributed by atoms with Crippen LogP contribution in [0.2, 0.25) is 0 Å². The van der Waals surface area contributed by atoms with Crippen LogP contribution < -0.4 is 5.32 Å². The van der Waals surface area contributed by atoms with Gasteiger partial charge < -0.3 is 5.32 Å². The first kappa shape index (κ1) is 14.7. The Morgan fingerprint density at radius 1 is 1.32 bits per heavy atom. The summed E-state index contributed by atoms with van der Waals surface area (Å²) in [6, 6.07) is 7.16. The summed E-state index contributed by atoms with van der Waals surface area (Å²) in [5.74, 6) is -0.169. The Hall–Kier alpha value is -0.710. The van der Waals surface area contributed by atoms with Gasteiger partial charge in [0.2, 0.25) is 0 Å². The van der Waals surface area contributed by atoms with E-state index in [9.17, 15) is 4.39 Å². The van der Waals surface area contributed by atoms with Crippen molar-refractivity contribution in [2.24, 2.45) is 0 Å². The van der Waals surface area contributed by atoms with Gasteiger partial charge in [0.05, 0.1) is 6.04 Å². The van der Waals surface area contributed by atoms with E-state index in [1.54, 1.807) is 17.4 Å². The van der Waals surface area contributed by atoms with Crippen molar-refractivity contribution in [2.75, 3.05) is 6.54 Å². The molecule has 0 aliphatic rings. The smallest absolute Gasteiger partial charge is 0.128 e. The van der Waals surface area contributed by atoms with Gasteiger partial charge in [0.25, 0.3) is 0 Å². The molecular formula is C15H17BrFNS. The largest absolute Gasteiger partial charge is 0.306 e. The van der Waals surface area contributed by atoms with Crippen molar-refractivity contribution in [3.63, 3.8) is 0 Å². The maximum Gasteiger partial charge on any atom is 0.128 e. The van der Waals surface area contributed by atoms with Gasteiger partial charge in [-0.15, -0.1) is 11.3 Å². The summed E-state index contributed by atoms with van der Waals surface area (Å²) in [7, 11) is 0. The molecule has 0 spiro atoms. The van der Waals surface area contributed by atoms with E-state index in [1.165, 1.54) is 16.5 Å². The zero-order valence-corrected chi connectivity index (χ0v) is 13.7. The molecular weight excluding hydrogens is 325 g/mol. The summed E-state index contributed by atoms with van der Waals surface area (Å²) >= 11 is 5.14. The van der Waals surface area contributed by atoms with Gasteiger partial charge in [-0.25, -0.2) is 4.39 Å². The number of hydrogen-bond donors (Lipinski definition) is 1. The molecule has 102 valence electrons. The van der Waals surface area contributed by atoms with Crippen LogP contribution in [0.5, 0.6) is 0 Å². The van der Waals surface area contributed by atoms with Crippen LogP contribution in [0.4, 0.5) is 4.39 Å². The molecule has 0 fully saturated rings. The maximum atomic E-state index is 14.1. The van der Waals surface area contributed by atoms with Crippen molar-refractivity contribution in [1.82, 2.24) is 5.32 Å². The summed E-state index contributed by atoms with van der Waals surface area (Å²) in [5.41, 5.74) is 1.95. The number of nitrogens with one attached hydrogen (secondary N) is 1. The second-order valence-electron chi connectivity index (χ2n) is 4.54. The minimum absolute atomic E-state index is 0.0834. The second-order valence-corrected chi connectivity index (χ2v) is 6.75. The van der Waals surface area contributed by atoms with E-state index >= 15 is 0 Å². The molecule has 2 rings (SSSR count). The van der Waals surface area contributed by atoms with Gasteiger partial charge in [-0.1, -0.05) is 22.9 Å². The van der Waals surface area contributed by atoms with Crippen LogP contribution in [-0.4, -0.2) is 6.54 Å². The van der Waals surface area contributed by atoms with Gasteiger partial charge in [0, 0.05) is 19.8 Å². The molecule has 1 aromatic heterocycles. The van der Waals surface area contributed by atoms with Crippen molar-refractivity contribution in [2.45, 2.75) is 26.8 Å². The lowest BCUT2D eigenvalue weighted by molar-refractivity contribution is 0.562. The van der Waals surface area contributed by atoms with Crippen LogP contribution in [0.3, 0.4) is 0 Å². The van der Waals surface area contributed by atoms with Crippen LogP contribution in [0.25, 0.3) is 0 Å². The highest BCUT2D eigenvalue weighted by Gasteiger charge is 2.19. The zero-order chi connectivity index (χ0) is 14.0. The predicted molar refractivity (Wildman–Crippen MR) is 83.4 cm³/mol. The normalized spacial score (nSPS) is 12.7. The molecule has 1 N–H and O–H groups in total. The predicted octanol–water partition coefficient (Wildman–Crippen LogP) is 4.97. The Morgan fingerprint density at radius 2 is 2.05 bits per heavy atom. The summed E-state index contributed by atoms with van der Waals surface area (Å²) in [4.78, 5) is 2.45. The van der Waals surface area contributed by atoms with Crippen molar-refractivity contribution in [1.29, 1.82) is 0 Å². The Labute approximate surface area is 126 Å². The molecule has 1 unspecified atom stereocenters. The molecule has 1 heterocycles. The highest BCUT2D eigenvalue weighted by Crippen LogP contribution is 2.33. The van der Waals surface area contributed by atoms with Crippen LogP contribution in [-0.2, 0) is 0 Å². The topological polar surface area (TPSA) is 12.0 Å². The quantitative estimate of drug-likeness (QED) is 0.828. The van der Waals surface area contributed by atoms with E-state index in [4.69, 9.17) is 0 Å². The van der Waals surface area contributed by atoms with E-state index in [0.717, 1.165) is 15.9 Å². The summed E-state index contributed by atoms with van der Waals surface area (Å²) < 4.78 is 15.0. The van der Waals surface area contributed by atoms with Crippen LogP contribution in [0, 0.1) is 19.7 Å². The van der Waals surface area contributed by atoms with Crippen molar-refractivity contribution in [3.8, 4) is 0 Å². The third-order valence-electron chi connectivity index (χ3n) is 3.15. The molecule has 4 heteroatoms. The number of thiophene rings is 1. The molecule has 0 aliphatic heterocycles. The van der Waals surface area contributed by atoms with Crippen molar-refractivity contribution >= 4 is 27.3 Å². The van der Waals surface area contributed by atoms with E-state index in [1.807, 2.05) is 13.0 Å². The molecule has 1 atom stereocenters. The van der Waals surface area contributed by atoms with Gasteiger partial charge in [0.1, 0.15) is 5.82 Å². The fourth-order valence-corrected chi connectivity index (χ4v) is 3.56. The standard InChI is InChI=1S/C15H17BrFNS/c1-4-18-15(14-7-9(2)10(3)19-14)12-8-11(16)5-6-13(12)17/h5-8,15,18H,4H2,1-3H3. The average molecular weight is 342 g/mol. The molecule has 0 saturated carbocycles. The van der Waals surface area contributed by atoms with Gasteiger partial charge in [-0.2, -0.15) is 0 Å². The third-order valence-corrected chi connectivity index (χ3v) is 4.86. The van der Waals surface area contributed by atoms with E-state index < -0.39 is 0 Å². The van der Waals surface area contributed by atoms with Crippen molar-refractivity contribution < 1.29 is 4.39 Å². The number of rotatable bonds is 4. The fourth-order valence-electron chi connectivity index (χ4n) is 2.05. The molecule has 1 aromatic carbocycles. The zero-order valence-electron chi connectivity index (χ0n) is 11.3. The first-order valence-electron chi connectivity index (χ1n) is 6.28. The number of aryl methyl sites for hydroxylation is 2. The van der Waals surface area contributed by atoms with Gasteiger partial charge in [-0.05, 0) is 50.2 Å². The van der Waals surface area contributed by atoms with Crippen LogP contribution >= 0.6 is 27.3 Å². The first-order chi connectivity index (χ1) is 9.02. The monoisotopic (exact) mass is 341 g/mol. The minimum atomic E-state index is -0.169. The summed E-state index contributed by atoms with van der Waals surface area (Å²) in [6.07, 6.45) is 0. The summed E-state index contributed by atoms with van der Waals surface area (Å²) in [5, 5.41) is 3.37. The van der Waals surface area contributed by atoms with Crippen LogP contribution in [0.1, 0.15) is 33.8 Å². The summed E-state index contributed by atoms with van der Waals surface area (Å²) in [6.45, 7) is 7.03. The van der Waals surface area contributed by atoms with E-state index in [-0.39, 0.29) is 11.9 Å². The molecule has 0 saturated heterocycles. The number of benzene rings is 1. The third kappa shape index (κ3) is 3.25. The molecule has 0 aliphatic carbocycles. The van der Waals surface area contributed by atoms with E-state index in [2.05, 4.69) is 41.2 Å². The molecule has 0 bridgehead atoms. The van der Waals surface area contributed by atoms with E-state index in [0.29, 0.717) is 5.56 Å². The Balaban J connectivity index is 2.47. The molecule has 0 amide bonds. The molecule has 0 radical (unpaired) electrons. The lowest BCUT2D eigenvalue weighted by atomic mass is 10.0. The van der Waals surface area contributed by atoms with Gasteiger partial charge >= 0.3 is 0 Å². The molecule has 19 heavy (non-hydrogen) atoms. The minimum Gasteiger partial charge on any atom is -0.306 e. The highest BCUT2D eigenvalue weighted by atomic mass is 79.9. The maximum absolute atomic E-state index is 14.1. The SMILES string of the molecule is CCNC(c1cc(C)c(C)s1)c1cc(Br)ccc1F. The Bertz CT molecular complexity index is 560. The lowest BCUT2D eigenvalue weighted by Crippen LogP contribution is -2.22. The number of halogens is 2.